The van der Waals surface area contributed by atoms with E-state index < -0.39 is 10.9 Å². The van der Waals surface area contributed by atoms with Crippen molar-refractivity contribution in [2.24, 2.45) is 4.99 Å². The predicted molar refractivity (Wildman–Crippen MR) is 116 cm³/mol. The Morgan fingerprint density at radius 3 is 2.37 bits per heavy atom. The van der Waals surface area contributed by atoms with E-state index in [2.05, 4.69) is 54.0 Å². The van der Waals surface area contributed by atoms with E-state index in [-0.39, 0.29) is 0 Å². The van der Waals surface area contributed by atoms with Crippen LogP contribution in [-0.2, 0) is 0 Å². The Hall–Kier alpha value is -2.98. The first-order valence-corrected chi connectivity index (χ1v) is 10.3. The molecule has 0 spiro atoms. The lowest BCUT2D eigenvalue weighted by atomic mass is 10.2. The minimum Gasteiger partial charge on any atom is -0.497 e. The molecule has 0 bridgehead atoms. The van der Waals surface area contributed by atoms with Gasteiger partial charge in [-0.1, -0.05) is 35.9 Å². The highest BCUT2D eigenvalue weighted by Crippen LogP contribution is 2.46. The minimum atomic E-state index is -0.672. The summed E-state index contributed by atoms with van der Waals surface area (Å²) in [4.78, 5) is 6.21. The van der Waals surface area contributed by atoms with Crippen LogP contribution in [-0.4, -0.2) is 12.3 Å². The molecule has 0 saturated carbocycles. The fourth-order valence-electron chi connectivity index (χ4n) is 3.00. The lowest BCUT2D eigenvalue weighted by Crippen LogP contribution is -2.15. The van der Waals surface area contributed by atoms with Crippen molar-refractivity contribution in [2.45, 2.75) is 11.8 Å². The van der Waals surface area contributed by atoms with Gasteiger partial charge in [-0.05, 0) is 71.3 Å². The summed E-state index contributed by atoms with van der Waals surface area (Å²) >= 11 is 0. The van der Waals surface area contributed by atoms with Crippen LogP contribution in [0.4, 0.5) is 5.69 Å². The van der Waals surface area contributed by atoms with Crippen molar-refractivity contribution < 1.29 is 4.74 Å². The smallest absolute Gasteiger partial charge is 0.153 e. The number of methoxy groups -OCH3 is 1. The Morgan fingerprint density at radius 1 is 0.889 bits per heavy atom. The molecule has 136 valence electrons. The fourth-order valence-corrected chi connectivity index (χ4v) is 5.04. The molecular weight excluding hydrogens is 352 g/mol. The summed E-state index contributed by atoms with van der Waals surface area (Å²) in [7, 11) is 1.01. The zero-order valence-corrected chi connectivity index (χ0v) is 16.3. The molecule has 0 aliphatic carbocycles. The summed E-state index contributed by atoms with van der Waals surface area (Å²) < 4.78 is 5.28. The standard InChI is InChI=1S/C23H22N2OS/c1-17-7-6-10-21(15-17)27-16-22(18-11-13-20(26-2)14-12-18)25-23(27)24-19-8-4-3-5-9-19/h3-16,27H,1-2H3,(H,24,25). The SMILES string of the molecule is COc1ccc(C2=C[SH](c3cccc(C)c3)C(=Nc3ccccc3)N2)cc1. The summed E-state index contributed by atoms with van der Waals surface area (Å²) in [6.07, 6.45) is 0. The number of ether oxygens (including phenoxy) is 1. The van der Waals surface area contributed by atoms with E-state index in [0.717, 1.165) is 27.9 Å². The Bertz CT molecular complexity index is 994. The molecule has 1 aliphatic rings. The van der Waals surface area contributed by atoms with Gasteiger partial charge in [0.2, 0.25) is 0 Å². The summed E-state index contributed by atoms with van der Waals surface area (Å²) in [6.45, 7) is 2.13. The van der Waals surface area contributed by atoms with E-state index in [1.807, 2.05) is 42.5 Å². The number of nitrogens with one attached hydrogen (secondary N) is 1. The molecule has 4 heteroatoms. The van der Waals surface area contributed by atoms with E-state index in [1.165, 1.54) is 10.5 Å². The van der Waals surface area contributed by atoms with Gasteiger partial charge in [0.05, 0.1) is 18.5 Å². The number of amidine groups is 1. The lowest BCUT2D eigenvalue weighted by molar-refractivity contribution is 0.415. The molecule has 0 amide bonds. The van der Waals surface area contributed by atoms with Crippen molar-refractivity contribution in [3.05, 3.63) is 95.4 Å². The number of nitrogens with zero attached hydrogens (tertiary/aromatic N) is 1. The minimum absolute atomic E-state index is 0.672. The van der Waals surface area contributed by atoms with Gasteiger partial charge in [-0.3, -0.25) is 0 Å². The van der Waals surface area contributed by atoms with E-state index in [0.29, 0.717) is 0 Å². The number of thiol groups is 1. The van der Waals surface area contributed by atoms with Gasteiger partial charge in [0, 0.05) is 0 Å². The van der Waals surface area contributed by atoms with Crippen molar-refractivity contribution in [1.82, 2.24) is 5.32 Å². The molecule has 3 aromatic carbocycles. The number of aryl methyl sites for hydroxylation is 1. The first-order valence-electron chi connectivity index (χ1n) is 8.86. The highest BCUT2D eigenvalue weighted by Gasteiger charge is 2.22. The van der Waals surface area contributed by atoms with Crippen LogP contribution in [0, 0.1) is 6.92 Å². The highest BCUT2D eigenvalue weighted by molar-refractivity contribution is 8.32. The summed E-state index contributed by atoms with van der Waals surface area (Å²) in [6, 6.07) is 26.9. The number of aliphatic imine (C=N–C) groups is 1. The van der Waals surface area contributed by atoms with E-state index in [1.54, 1.807) is 7.11 Å². The van der Waals surface area contributed by atoms with Crippen LogP contribution in [0.2, 0.25) is 0 Å². The molecule has 0 aromatic heterocycles. The number of rotatable bonds is 4. The van der Waals surface area contributed by atoms with Gasteiger partial charge in [0.25, 0.3) is 0 Å². The summed E-state index contributed by atoms with van der Waals surface area (Å²) in [5, 5.41) is 6.88. The average molecular weight is 375 g/mol. The number of hydrogen-bond acceptors (Lipinski definition) is 2. The van der Waals surface area contributed by atoms with Gasteiger partial charge in [-0.15, -0.1) is 10.9 Å². The van der Waals surface area contributed by atoms with Crippen LogP contribution in [0.25, 0.3) is 5.70 Å². The maximum atomic E-state index is 5.28. The Labute approximate surface area is 162 Å². The van der Waals surface area contributed by atoms with Gasteiger partial charge in [0.15, 0.2) is 5.17 Å². The third kappa shape index (κ3) is 3.91. The van der Waals surface area contributed by atoms with Gasteiger partial charge in [0.1, 0.15) is 5.75 Å². The first kappa shape index (κ1) is 17.4. The number of hydrogen-bond donors (Lipinski definition) is 2. The average Bonchev–Trinajstić information content (AvgIpc) is 3.12. The van der Waals surface area contributed by atoms with Gasteiger partial charge >= 0.3 is 0 Å². The van der Waals surface area contributed by atoms with Crippen molar-refractivity contribution in [2.75, 3.05) is 7.11 Å². The van der Waals surface area contributed by atoms with Crippen LogP contribution < -0.4 is 10.1 Å². The second kappa shape index (κ2) is 7.72. The van der Waals surface area contributed by atoms with E-state index in [9.17, 15) is 0 Å². The fraction of sp³-hybridized carbons (Fsp3) is 0.0870. The van der Waals surface area contributed by atoms with Crippen LogP contribution in [0.1, 0.15) is 11.1 Å². The molecule has 1 aliphatic heterocycles. The van der Waals surface area contributed by atoms with Gasteiger partial charge in [-0.2, -0.15) is 0 Å². The first-order chi connectivity index (χ1) is 13.2. The molecule has 3 nitrogen and oxygen atoms in total. The third-order valence-corrected chi connectivity index (χ3v) is 6.42. The topological polar surface area (TPSA) is 33.6 Å². The lowest BCUT2D eigenvalue weighted by Gasteiger charge is -2.15. The second-order valence-electron chi connectivity index (χ2n) is 6.38. The molecular formula is C23H22N2OS. The Balaban J connectivity index is 1.74. The maximum absolute atomic E-state index is 5.28. The van der Waals surface area contributed by atoms with Crippen molar-refractivity contribution in [3.8, 4) is 5.75 Å². The van der Waals surface area contributed by atoms with Crippen molar-refractivity contribution in [1.29, 1.82) is 0 Å². The highest BCUT2D eigenvalue weighted by atomic mass is 32.2. The van der Waals surface area contributed by atoms with Crippen molar-refractivity contribution >= 4 is 27.4 Å². The van der Waals surface area contributed by atoms with Crippen molar-refractivity contribution in [3.63, 3.8) is 0 Å². The third-order valence-electron chi connectivity index (χ3n) is 4.40. The number of para-hydroxylation sites is 1. The van der Waals surface area contributed by atoms with Gasteiger partial charge in [-0.25, -0.2) is 4.99 Å². The zero-order valence-electron chi connectivity index (χ0n) is 15.4. The normalized spacial score (nSPS) is 18.8. The van der Waals surface area contributed by atoms with E-state index in [4.69, 9.17) is 9.73 Å². The van der Waals surface area contributed by atoms with Crippen LogP contribution in [0.3, 0.4) is 0 Å². The molecule has 0 fully saturated rings. The summed E-state index contributed by atoms with van der Waals surface area (Å²) in [5.41, 5.74) is 4.46. The summed E-state index contributed by atoms with van der Waals surface area (Å²) in [5.74, 6) is 0.858. The largest absolute Gasteiger partial charge is 0.497 e. The molecule has 1 heterocycles. The number of benzene rings is 3. The van der Waals surface area contributed by atoms with Gasteiger partial charge < -0.3 is 10.1 Å². The van der Waals surface area contributed by atoms with Crippen LogP contribution >= 0.6 is 10.9 Å². The Morgan fingerprint density at radius 2 is 1.67 bits per heavy atom. The molecule has 1 unspecified atom stereocenters. The Kier molecular flexibility index (Phi) is 4.99. The second-order valence-corrected chi connectivity index (χ2v) is 8.31. The molecule has 1 atom stereocenters. The maximum Gasteiger partial charge on any atom is 0.153 e. The van der Waals surface area contributed by atoms with E-state index >= 15 is 0 Å². The monoisotopic (exact) mass is 374 g/mol. The predicted octanol–water partition coefficient (Wildman–Crippen LogP) is 5.65. The molecule has 3 aromatic rings. The molecule has 27 heavy (non-hydrogen) atoms. The molecule has 0 saturated heterocycles. The quantitative estimate of drug-likeness (QED) is 0.578. The molecule has 0 radical (unpaired) electrons. The zero-order chi connectivity index (χ0) is 18.6. The van der Waals surface area contributed by atoms with Crippen LogP contribution in [0.15, 0.2) is 94.2 Å². The molecule has 1 N–H and O–H groups in total. The molecule has 4 rings (SSSR count). The van der Waals surface area contributed by atoms with Crippen LogP contribution in [0.5, 0.6) is 5.75 Å².